The summed E-state index contributed by atoms with van der Waals surface area (Å²) < 4.78 is 7.62. The van der Waals surface area contributed by atoms with Crippen molar-refractivity contribution >= 4 is 39.6 Å². The first-order valence-corrected chi connectivity index (χ1v) is 13.7. The maximum Gasteiger partial charge on any atom is 0.335 e. The normalized spacial score (nSPS) is 29.8. The van der Waals surface area contributed by atoms with Crippen LogP contribution in [0.15, 0.2) is 48.8 Å². The summed E-state index contributed by atoms with van der Waals surface area (Å²) in [6, 6.07) is 11.5. The zero-order valence-electron chi connectivity index (χ0n) is 21.9. The molecular formula is C30H29N3O8. The van der Waals surface area contributed by atoms with Crippen molar-refractivity contribution < 1.29 is 39.5 Å². The summed E-state index contributed by atoms with van der Waals surface area (Å²) in [6.07, 6.45) is -1.81. The molecule has 5 heterocycles. The van der Waals surface area contributed by atoms with E-state index in [9.17, 15) is 34.8 Å². The number of amides is 2. The van der Waals surface area contributed by atoms with E-state index in [4.69, 9.17) is 4.74 Å². The van der Waals surface area contributed by atoms with Gasteiger partial charge in [0.15, 0.2) is 6.10 Å². The fraction of sp³-hybridized carbons (Fsp3) is 0.367. The summed E-state index contributed by atoms with van der Waals surface area (Å²) >= 11 is 0. The van der Waals surface area contributed by atoms with Crippen molar-refractivity contribution in [2.24, 2.45) is 0 Å². The average Bonchev–Trinajstić information content (AvgIpc) is 3.62. The Bertz CT molecular complexity index is 1720. The van der Waals surface area contributed by atoms with Gasteiger partial charge in [0.1, 0.15) is 18.3 Å². The minimum atomic E-state index is -1.75. The number of ether oxygens (including phenoxy) is 1. The van der Waals surface area contributed by atoms with Crippen LogP contribution in [0.5, 0.6) is 0 Å². The van der Waals surface area contributed by atoms with Crippen LogP contribution in [0.1, 0.15) is 40.5 Å². The number of H-pyrrole nitrogens is 1. The summed E-state index contributed by atoms with van der Waals surface area (Å²) in [5.41, 5.74) is 5.25. The number of aliphatic carboxylic acids is 1. The average molecular weight is 560 g/mol. The van der Waals surface area contributed by atoms with Crippen LogP contribution >= 0.6 is 0 Å². The third-order valence-electron chi connectivity index (χ3n) is 8.84. The van der Waals surface area contributed by atoms with Gasteiger partial charge in [-0.1, -0.05) is 30.3 Å². The quantitative estimate of drug-likeness (QED) is 0.197. The number of nitrogens with zero attached hydrogens (tertiary/aromatic N) is 1. The number of aromatic amines is 1. The van der Waals surface area contributed by atoms with Crippen molar-refractivity contribution in [1.29, 1.82) is 0 Å². The lowest BCUT2D eigenvalue weighted by Crippen LogP contribution is -2.60. The Labute approximate surface area is 233 Å². The second kappa shape index (κ2) is 9.52. The summed E-state index contributed by atoms with van der Waals surface area (Å²) in [5.74, 6) is -3.54. The van der Waals surface area contributed by atoms with E-state index in [0.29, 0.717) is 16.6 Å². The van der Waals surface area contributed by atoms with Crippen LogP contribution in [-0.4, -0.2) is 78.3 Å². The Hall–Kier alpha value is -4.03. The molecule has 3 aliphatic rings. The molecule has 6 N–H and O–H groups in total. The van der Waals surface area contributed by atoms with Crippen LogP contribution in [0, 0.1) is 0 Å². The van der Waals surface area contributed by atoms with Crippen LogP contribution < -0.4 is 5.32 Å². The number of carbonyl (C=O) groups is 3. The molecule has 11 heteroatoms. The van der Waals surface area contributed by atoms with Crippen molar-refractivity contribution in [3.63, 3.8) is 0 Å². The Morgan fingerprint density at radius 2 is 1.76 bits per heavy atom. The Balaban J connectivity index is 1.22. The summed E-state index contributed by atoms with van der Waals surface area (Å²) in [4.78, 5) is 41.1. The summed E-state index contributed by atoms with van der Waals surface area (Å²) in [5, 5.41) is 44.2. The van der Waals surface area contributed by atoms with Gasteiger partial charge in [-0.05, 0) is 41.2 Å². The lowest BCUT2D eigenvalue weighted by molar-refractivity contribution is -0.227. The Morgan fingerprint density at radius 1 is 0.976 bits per heavy atom. The molecule has 11 nitrogen and oxygen atoms in total. The zero-order chi connectivity index (χ0) is 28.6. The first-order valence-electron chi connectivity index (χ1n) is 13.7. The van der Waals surface area contributed by atoms with E-state index in [1.54, 1.807) is 18.3 Å². The number of para-hydroxylation sites is 1. The monoisotopic (exact) mass is 559 g/mol. The molecule has 2 saturated heterocycles. The van der Waals surface area contributed by atoms with E-state index < -0.39 is 48.3 Å². The highest BCUT2D eigenvalue weighted by Crippen LogP contribution is 2.44. The standard InChI is InChI=1S/C30H29N3O8/c34-24-20(41-27(30(39)40)26(36)25(24)35)10-13-6-7-15-17(11-31-19(15)9-13)21-22(29(38)32-28(21)37)18-12-33-8-2-4-14-3-1-5-16(18)23(14)33/h1,3,5-7,9,11-12,20-22,24-27,31,34-36H,2,4,8,10H2,(H,39,40)(H,32,37,38)/t20?,21-,22-,24+,25-,26+,27+/m0/s1. The van der Waals surface area contributed by atoms with Gasteiger partial charge in [-0.15, -0.1) is 0 Å². The number of rotatable bonds is 5. The molecule has 2 amide bonds. The number of hydrogen-bond acceptors (Lipinski definition) is 7. The van der Waals surface area contributed by atoms with Crippen LogP contribution in [0.2, 0.25) is 0 Å². The van der Waals surface area contributed by atoms with E-state index in [2.05, 4.69) is 20.9 Å². The van der Waals surface area contributed by atoms with Crippen LogP contribution in [0.3, 0.4) is 0 Å². The van der Waals surface area contributed by atoms with Crippen LogP contribution in [-0.2, 0) is 38.5 Å². The van der Waals surface area contributed by atoms with Gasteiger partial charge in [-0.2, -0.15) is 0 Å². The van der Waals surface area contributed by atoms with Gasteiger partial charge in [0, 0.05) is 41.6 Å². The molecular weight excluding hydrogens is 530 g/mol. The number of nitrogens with one attached hydrogen (secondary N) is 2. The maximum absolute atomic E-state index is 13.2. The summed E-state index contributed by atoms with van der Waals surface area (Å²) in [7, 11) is 0. The number of aryl methyl sites for hydroxylation is 2. The molecule has 7 rings (SSSR count). The van der Waals surface area contributed by atoms with E-state index in [0.717, 1.165) is 41.2 Å². The van der Waals surface area contributed by atoms with Crippen molar-refractivity contribution in [1.82, 2.24) is 14.9 Å². The molecule has 2 aromatic heterocycles. The molecule has 41 heavy (non-hydrogen) atoms. The van der Waals surface area contributed by atoms with Crippen molar-refractivity contribution in [2.45, 2.75) is 68.2 Å². The van der Waals surface area contributed by atoms with Crippen LogP contribution in [0.4, 0.5) is 0 Å². The van der Waals surface area contributed by atoms with Crippen LogP contribution in [0.25, 0.3) is 21.8 Å². The number of hydrogen-bond donors (Lipinski definition) is 6. The SMILES string of the molecule is O=C(O)[C@@H]1OC(Cc2ccc3c([C@@H]4C(=O)NC(=O)[C@H]4c4cn5c6c(cccc46)CCC5)c[nH]c3c2)[C@@H](O)[C@H](O)[C@H]1O. The number of fused-ring (bicyclic) bond motifs is 1. The highest BCUT2D eigenvalue weighted by Gasteiger charge is 2.47. The fourth-order valence-corrected chi connectivity index (χ4v) is 6.89. The molecule has 7 atom stereocenters. The van der Waals surface area contributed by atoms with E-state index in [-0.39, 0.29) is 18.2 Å². The number of aromatic nitrogens is 2. The first-order chi connectivity index (χ1) is 19.7. The third-order valence-corrected chi connectivity index (χ3v) is 8.84. The first kappa shape index (κ1) is 25.9. The Morgan fingerprint density at radius 3 is 2.54 bits per heavy atom. The van der Waals surface area contributed by atoms with E-state index >= 15 is 0 Å². The summed E-state index contributed by atoms with van der Waals surface area (Å²) in [6.45, 7) is 0.860. The van der Waals surface area contributed by atoms with Crippen molar-refractivity contribution in [3.8, 4) is 0 Å². The molecule has 0 bridgehead atoms. The zero-order valence-corrected chi connectivity index (χ0v) is 21.9. The number of carboxylic acids is 1. The third kappa shape index (κ3) is 3.99. The number of aliphatic hydroxyl groups excluding tert-OH is 3. The molecule has 0 saturated carbocycles. The maximum atomic E-state index is 13.2. The van der Waals surface area contributed by atoms with Gasteiger partial charge in [0.25, 0.3) is 0 Å². The lowest BCUT2D eigenvalue weighted by atomic mass is 9.82. The van der Waals surface area contributed by atoms with E-state index in [1.807, 2.05) is 24.4 Å². The fourth-order valence-electron chi connectivity index (χ4n) is 6.89. The number of carbonyl (C=O) groups excluding carboxylic acids is 2. The van der Waals surface area contributed by atoms with Gasteiger partial charge in [0.2, 0.25) is 11.8 Å². The van der Waals surface area contributed by atoms with Gasteiger partial charge >= 0.3 is 5.97 Å². The largest absolute Gasteiger partial charge is 0.479 e. The highest BCUT2D eigenvalue weighted by molar-refractivity contribution is 6.13. The highest BCUT2D eigenvalue weighted by atomic mass is 16.6. The molecule has 212 valence electrons. The predicted molar refractivity (Wildman–Crippen MR) is 145 cm³/mol. The van der Waals surface area contributed by atoms with Gasteiger partial charge in [0.05, 0.1) is 23.5 Å². The topological polar surface area (TPSA) is 174 Å². The molecule has 1 unspecified atom stereocenters. The number of carboxylic acid groups (broad SMARTS) is 1. The molecule has 0 spiro atoms. The van der Waals surface area contributed by atoms with E-state index in [1.165, 1.54) is 5.56 Å². The minimum Gasteiger partial charge on any atom is -0.479 e. The van der Waals surface area contributed by atoms with Gasteiger partial charge < -0.3 is 34.7 Å². The molecule has 3 aliphatic heterocycles. The van der Waals surface area contributed by atoms with Crippen molar-refractivity contribution in [2.75, 3.05) is 0 Å². The molecule has 0 aliphatic carbocycles. The Kier molecular flexibility index (Phi) is 6.02. The second-order valence-electron chi connectivity index (χ2n) is 11.2. The van der Waals surface area contributed by atoms with Crippen molar-refractivity contribution in [3.05, 3.63) is 71.0 Å². The minimum absolute atomic E-state index is 0.0753. The smallest absolute Gasteiger partial charge is 0.335 e. The molecule has 2 fully saturated rings. The molecule has 0 radical (unpaired) electrons. The molecule has 4 aromatic rings. The van der Waals surface area contributed by atoms with Gasteiger partial charge in [-0.25, -0.2) is 4.79 Å². The second-order valence-corrected chi connectivity index (χ2v) is 11.2. The van der Waals surface area contributed by atoms with Gasteiger partial charge in [-0.3, -0.25) is 14.9 Å². The number of aliphatic hydroxyl groups is 3. The molecule has 2 aromatic carbocycles. The number of imide groups is 1. The lowest BCUT2D eigenvalue weighted by Gasteiger charge is -2.39. The predicted octanol–water partition coefficient (Wildman–Crippen LogP) is 1.07. The number of benzene rings is 2.